The fraction of sp³-hybridized carbons (Fsp3) is 0.588. The highest BCUT2D eigenvalue weighted by molar-refractivity contribution is 7.86. The fourth-order valence-corrected chi connectivity index (χ4v) is 4.56. The van der Waals surface area contributed by atoms with Crippen LogP contribution in [0.3, 0.4) is 0 Å². The largest absolute Gasteiger partial charge is 0.353 e. The van der Waals surface area contributed by atoms with Crippen molar-refractivity contribution in [1.29, 1.82) is 0 Å². The van der Waals surface area contributed by atoms with Crippen LogP contribution in [-0.4, -0.2) is 37.8 Å². The van der Waals surface area contributed by atoms with Gasteiger partial charge in [-0.05, 0) is 55.7 Å². The lowest BCUT2D eigenvalue weighted by Gasteiger charge is -2.29. The second-order valence-electron chi connectivity index (χ2n) is 6.99. The monoisotopic (exact) mass is 369 g/mol. The number of nitrogens with one attached hydrogen (secondary N) is 1. The lowest BCUT2D eigenvalue weighted by atomic mass is 9.96. The molecule has 0 aromatic heterocycles. The number of nitrogens with zero attached hydrogens (tertiary/aromatic N) is 1. The number of amides is 1. The van der Waals surface area contributed by atoms with E-state index in [0.29, 0.717) is 31.8 Å². The summed E-state index contributed by atoms with van der Waals surface area (Å²) in [4.78, 5) is 12.4. The van der Waals surface area contributed by atoms with Crippen LogP contribution in [0.2, 0.25) is 0 Å². The van der Waals surface area contributed by atoms with Gasteiger partial charge in [0.15, 0.2) is 0 Å². The van der Waals surface area contributed by atoms with Crippen LogP contribution in [0, 0.1) is 11.7 Å². The third-order valence-corrected chi connectivity index (χ3v) is 6.39. The molecule has 25 heavy (non-hydrogen) atoms. The number of nitrogens with two attached hydrogens (primary N) is 1. The van der Waals surface area contributed by atoms with Crippen molar-refractivity contribution < 1.29 is 17.6 Å². The molecule has 0 spiro atoms. The minimum absolute atomic E-state index is 0.00109. The van der Waals surface area contributed by atoms with Gasteiger partial charge in [-0.15, -0.1) is 0 Å². The number of hydrogen-bond acceptors (Lipinski definition) is 3. The van der Waals surface area contributed by atoms with E-state index in [0.717, 1.165) is 24.8 Å². The maximum Gasteiger partial charge on any atom is 0.276 e. The molecule has 3 rings (SSSR count). The van der Waals surface area contributed by atoms with Crippen LogP contribution in [0.25, 0.3) is 0 Å². The van der Waals surface area contributed by atoms with Crippen molar-refractivity contribution in [2.24, 2.45) is 11.1 Å². The third kappa shape index (κ3) is 4.56. The molecule has 138 valence electrons. The molecule has 8 heteroatoms. The summed E-state index contributed by atoms with van der Waals surface area (Å²) in [5.74, 6) is -0.0609. The van der Waals surface area contributed by atoms with Gasteiger partial charge in [0.05, 0.1) is 0 Å². The molecule has 2 aliphatic rings. The first kappa shape index (κ1) is 18.3. The number of benzene rings is 1. The van der Waals surface area contributed by atoms with Gasteiger partial charge in [0.1, 0.15) is 5.82 Å². The number of piperidine rings is 1. The maximum absolute atomic E-state index is 13.0. The van der Waals surface area contributed by atoms with Gasteiger partial charge < -0.3 is 5.32 Å². The number of rotatable bonds is 4. The highest BCUT2D eigenvalue weighted by Gasteiger charge is 2.32. The Hall–Kier alpha value is -1.51. The van der Waals surface area contributed by atoms with Crippen LogP contribution in [0.4, 0.5) is 4.39 Å². The minimum atomic E-state index is -3.66. The average molecular weight is 369 g/mol. The van der Waals surface area contributed by atoms with Gasteiger partial charge in [0, 0.05) is 25.0 Å². The Labute approximate surface area is 147 Å². The quantitative estimate of drug-likeness (QED) is 0.842. The van der Waals surface area contributed by atoms with Gasteiger partial charge in [-0.3, -0.25) is 4.79 Å². The zero-order valence-electron chi connectivity index (χ0n) is 14.0. The number of carbonyl (C=O) groups excluding carboxylic acids is 1. The van der Waals surface area contributed by atoms with E-state index in [1.54, 1.807) is 0 Å². The van der Waals surface area contributed by atoms with E-state index >= 15 is 0 Å². The normalized spacial score (nSPS) is 25.8. The van der Waals surface area contributed by atoms with Gasteiger partial charge in [0.2, 0.25) is 5.91 Å². The predicted octanol–water partition coefficient (Wildman–Crippen LogP) is 1.49. The fourth-order valence-electron chi connectivity index (χ4n) is 3.84. The number of halogens is 1. The number of carbonyl (C=O) groups is 1. The van der Waals surface area contributed by atoms with Crippen LogP contribution < -0.4 is 10.5 Å². The molecule has 1 aromatic carbocycles. The first-order valence-corrected chi connectivity index (χ1v) is 10.2. The second-order valence-corrected chi connectivity index (χ2v) is 8.53. The molecular formula is C17H24FN3O3S. The first-order valence-electron chi connectivity index (χ1n) is 8.66. The molecule has 3 N–H and O–H groups in total. The zero-order chi connectivity index (χ0) is 18.0. The standard InChI is InChI=1S/C17H24FN3O3S/c18-15-4-1-12(2-5-15)14-3-6-16(11-14)20-17(22)13-7-9-21(10-8-13)25(19,23)24/h1-2,4-5,13-14,16H,3,6-11H2,(H,20,22)(H2,19,23,24)/t14-,16-/m0/s1. The van der Waals surface area contributed by atoms with Crippen molar-refractivity contribution in [3.05, 3.63) is 35.6 Å². The molecule has 1 saturated carbocycles. The van der Waals surface area contributed by atoms with Crippen molar-refractivity contribution in [2.75, 3.05) is 13.1 Å². The molecule has 1 aliphatic heterocycles. The molecular weight excluding hydrogens is 345 g/mol. The Morgan fingerprint density at radius 1 is 1.12 bits per heavy atom. The topological polar surface area (TPSA) is 92.5 Å². The lowest BCUT2D eigenvalue weighted by molar-refractivity contribution is -0.126. The summed E-state index contributed by atoms with van der Waals surface area (Å²) >= 11 is 0. The highest BCUT2D eigenvalue weighted by Crippen LogP contribution is 2.34. The average Bonchev–Trinajstić information content (AvgIpc) is 3.03. The molecule has 1 aliphatic carbocycles. The summed E-state index contributed by atoms with van der Waals surface area (Å²) in [7, 11) is -3.66. The first-order chi connectivity index (χ1) is 11.8. The van der Waals surface area contributed by atoms with Gasteiger partial charge in [0.25, 0.3) is 10.2 Å². The maximum atomic E-state index is 13.0. The zero-order valence-corrected chi connectivity index (χ0v) is 14.8. The van der Waals surface area contributed by atoms with Crippen molar-refractivity contribution in [3.63, 3.8) is 0 Å². The predicted molar refractivity (Wildman–Crippen MR) is 92.3 cm³/mol. The SMILES string of the molecule is NS(=O)(=O)N1CCC(C(=O)N[C@H]2CC[C@H](c3ccc(F)cc3)C2)CC1. The molecule has 2 fully saturated rings. The molecule has 1 aromatic rings. The Kier molecular flexibility index (Phi) is 5.41. The van der Waals surface area contributed by atoms with Crippen molar-refractivity contribution in [3.8, 4) is 0 Å². The molecule has 1 amide bonds. The molecule has 1 saturated heterocycles. The highest BCUT2D eigenvalue weighted by atomic mass is 32.2. The summed E-state index contributed by atoms with van der Waals surface area (Å²) in [6, 6.07) is 6.69. The van der Waals surface area contributed by atoms with Crippen molar-refractivity contribution >= 4 is 16.1 Å². The van der Waals surface area contributed by atoms with Crippen LogP contribution in [-0.2, 0) is 15.0 Å². The van der Waals surface area contributed by atoms with Crippen molar-refractivity contribution in [1.82, 2.24) is 9.62 Å². The van der Waals surface area contributed by atoms with Gasteiger partial charge in [-0.2, -0.15) is 12.7 Å². The summed E-state index contributed by atoms with van der Waals surface area (Å²) in [6.07, 6.45) is 3.73. The number of hydrogen-bond donors (Lipinski definition) is 2. The Balaban J connectivity index is 1.49. The Bertz CT molecular complexity index is 715. The van der Waals surface area contributed by atoms with E-state index in [1.807, 2.05) is 12.1 Å². The summed E-state index contributed by atoms with van der Waals surface area (Å²) < 4.78 is 36.9. The molecule has 6 nitrogen and oxygen atoms in total. The summed E-state index contributed by atoms with van der Waals surface area (Å²) in [6.45, 7) is 0.583. The van der Waals surface area contributed by atoms with E-state index < -0.39 is 10.2 Å². The molecule has 0 bridgehead atoms. The van der Waals surface area contributed by atoms with E-state index in [-0.39, 0.29) is 23.7 Å². The lowest BCUT2D eigenvalue weighted by Crippen LogP contribution is -2.46. The van der Waals surface area contributed by atoms with E-state index in [1.165, 1.54) is 16.4 Å². The van der Waals surface area contributed by atoms with E-state index in [9.17, 15) is 17.6 Å². The Morgan fingerprint density at radius 3 is 2.36 bits per heavy atom. The van der Waals surface area contributed by atoms with Crippen LogP contribution >= 0.6 is 0 Å². The van der Waals surface area contributed by atoms with Gasteiger partial charge in [-0.25, -0.2) is 9.53 Å². The third-order valence-electron chi connectivity index (χ3n) is 5.31. The molecule has 2 atom stereocenters. The molecule has 1 heterocycles. The van der Waals surface area contributed by atoms with Gasteiger partial charge in [-0.1, -0.05) is 12.1 Å². The van der Waals surface area contributed by atoms with E-state index in [4.69, 9.17) is 5.14 Å². The summed E-state index contributed by atoms with van der Waals surface area (Å²) in [5.41, 5.74) is 1.11. The molecule has 0 unspecified atom stereocenters. The summed E-state index contributed by atoms with van der Waals surface area (Å²) in [5, 5.41) is 8.22. The van der Waals surface area contributed by atoms with Crippen molar-refractivity contribution in [2.45, 2.75) is 44.1 Å². The minimum Gasteiger partial charge on any atom is -0.353 e. The van der Waals surface area contributed by atoms with Gasteiger partial charge >= 0.3 is 0 Å². The smallest absolute Gasteiger partial charge is 0.276 e. The van der Waals surface area contributed by atoms with E-state index in [2.05, 4.69) is 5.32 Å². The molecule has 0 radical (unpaired) electrons. The second kappa shape index (κ2) is 7.39. The van der Waals surface area contributed by atoms with Crippen LogP contribution in [0.15, 0.2) is 24.3 Å². The van der Waals surface area contributed by atoms with Crippen LogP contribution in [0.5, 0.6) is 0 Å². The Morgan fingerprint density at radius 2 is 1.76 bits per heavy atom. The van der Waals surface area contributed by atoms with Crippen LogP contribution in [0.1, 0.15) is 43.6 Å².